The molecule has 6 heteroatoms. The van der Waals surface area contributed by atoms with Gasteiger partial charge in [0.2, 0.25) is 0 Å². The Labute approximate surface area is 205 Å². The maximum atomic E-state index is 11.9. The first kappa shape index (κ1) is 25.7. The fourth-order valence-corrected chi connectivity index (χ4v) is 4.67. The van der Waals surface area contributed by atoms with Crippen LogP contribution in [0.3, 0.4) is 0 Å². The molecule has 0 aliphatic rings. The third kappa shape index (κ3) is 7.26. The predicted molar refractivity (Wildman–Crippen MR) is 139 cm³/mol. The molecular formula is C27H33NO3S2. The van der Waals surface area contributed by atoms with Crippen molar-refractivity contribution in [2.75, 3.05) is 19.1 Å². The number of aliphatic hydroxyl groups is 2. The highest BCUT2D eigenvalue weighted by molar-refractivity contribution is 7.98. The van der Waals surface area contributed by atoms with Gasteiger partial charge in [0.25, 0.3) is 0 Å². The second kappa shape index (κ2) is 12.5. The number of hydrogen-bond acceptors (Lipinski definition) is 6. The fraction of sp³-hybridized carbons (Fsp3) is 0.333. The summed E-state index contributed by atoms with van der Waals surface area (Å²) < 4.78 is 5.69. The third-order valence-electron chi connectivity index (χ3n) is 5.62. The van der Waals surface area contributed by atoms with Crippen LogP contribution in [0.2, 0.25) is 0 Å². The van der Waals surface area contributed by atoms with Crippen molar-refractivity contribution in [1.82, 2.24) is 5.32 Å². The highest BCUT2D eigenvalue weighted by atomic mass is 32.2. The summed E-state index contributed by atoms with van der Waals surface area (Å²) in [5, 5.41) is 25.6. The van der Waals surface area contributed by atoms with Crippen LogP contribution in [0, 0.1) is 0 Å². The molecule has 0 radical (unpaired) electrons. The van der Waals surface area contributed by atoms with Crippen molar-refractivity contribution in [2.45, 2.75) is 47.4 Å². The first-order valence-electron chi connectivity index (χ1n) is 11.1. The van der Waals surface area contributed by atoms with Gasteiger partial charge in [-0.1, -0.05) is 42.5 Å². The lowest BCUT2D eigenvalue weighted by Crippen LogP contribution is -2.42. The van der Waals surface area contributed by atoms with E-state index in [2.05, 4.69) is 5.32 Å². The van der Waals surface area contributed by atoms with Crippen LogP contribution in [0.25, 0.3) is 0 Å². The minimum Gasteiger partial charge on any atom is -0.493 e. The lowest BCUT2D eigenvalue weighted by molar-refractivity contribution is 0.0419. The van der Waals surface area contributed by atoms with Gasteiger partial charge < -0.3 is 14.9 Å². The fourth-order valence-electron chi connectivity index (χ4n) is 3.85. The SMILES string of the molecule is CSc1ccc(C(O)(CC(C)NC(O)CCOc2ccccc2)c2ccc(SC)cc2)cc1. The highest BCUT2D eigenvalue weighted by Gasteiger charge is 2.34. The number of aliphatic hydroxyl groups excluding tert-OH is 1. The number of para-hydroxylation sites is 1. The van der Waals surface area contributed by atoms with Crippen molar-refractivity contribution in [2.24, 2.45) is 0 Å². The quantitative estimate of drug-likeness (QED) is 0.233. The molecule has 0 aromatic heterocycles. The average molecular weight is 484 g/mol. The molecule has 0 aliphatic carbocycles. The first-order valence-corrected chi connectivity index (χ1v) is 13.5. The number of hydrogen-bond donors (Lipinski definition) is 3. The molecule has 0 saturated heterocycles. The molecule has 4 nitrogen and oxygen atoms in total. The maximum Gasteiger partial charge on any atom is 0.119 e. The number of nitrogens with one attached hydrogen (secondary N) is 1. The zero-order valence-corrected chi connectivity index (χ0v) is 21.0. The van der Waals surface area contributed by atoms with Crippen LogP contribution in [0.4, 0.5) is 0 Å². The van der Waals surface area contributed by atoms with Gasteiger partial charge in [0.1, 0.15) is 17.6 Å². The Morgan fingerprint density at radius 3 is 1.85 bits per heavy atom. The highest BCUT2D eigenvalue weighted by Crippen LogP contribution is 2.36. The summed E-state index contributed by atoms with van der Waals surface area (Å²) >= 11 is 3.35. The average Bonchev–Trinajstić information content (AvgIpc) is 2.84. The van der Waals surface area contributed by atoms with E-state index >= 15 is 0 Å². The number of benzene rings is 3. The second-order valence-electron chi connectivity index (χ2n) is 8.06. The summed E-state index contributed by atoms with van der Waals surface area (Å²) in [6, 6.07) is 25.5. The van der Waals surface area contributed by atoms with E-state index in [0.29, 0.717) is 19.4 Å². The van der Waals surface area contributed by atoms with E-state index in [4.69, 9.17) is 4.74 Å². The third-order valence-corrected chi connectivity index (χ3v) is 7.10. The van der Waals surface area contributed by atoms with Crippen LogP contribution >= 0.6 is 23.5 Å². The van der Waals surface area contributed by atoms with Gasteiger partial charge in [0.15, 0.2) is 0 Å². The molecule has 33 heavy (non-hydrogen) atoms. The molecular weight excluding hydrogens is 450 g/mol. The molecule has 176 valence electrons. The van der Waals surface area contributed by atoms with Crippen LogP contribution in [0.1, 0.15) is 30.9 Å². The van der Waals surface area contributed by atoms with Crippen molar-refractivity contribution in [3.63, 3.8) is 0 Å². The van der Waals surface area contributed by atoms with E-state index in [-0.39, 0.29) is 6.04 Å². The van der Waals surface area contributed by atoms with Gasteiger partial charge in [0.05, 0.1) is 6.61 Å². The van der Waals surface area contributed by atoms with Crippen molar-refractivity contribution in [3.8, 4) is 5.75 Å². The van der Waals surface area contributed by atoms with Gasteiger partial charge in [-0.2, -0.15) is 0 Å². The summed E-state index contributed by atoms with van der Waals surface area (Å²) in [4.78, 5) is 2.30. The minimum atomic E-state index is -1.18. The Balaban J connectivity index is 1.69. The van der Waals surface area contributed by atoms with Gasteiger partial charge in [-0.25, -0.2) is 0 Å². The molecule has 0 saturated carbocycles. The molecule has 0 spiro atoms. The van der Waals surface area contributed by atoms with Crippen molar-refractivity contribution in [1.29, 1.82) is 0 Å². The summed E-state index contributed by atoms with van der Waals surface area (Å²) in [7, 11) is 0. The molecule has 2 atom stereocenters. The minimum absolute atomic E-state index is 0.137. The smallest absolute Gasteiger partial charge is 0.119 e. The maximum absolute atomic E-state index is 11.9. The molecule has 0 heterocycles. The standard InChI is InChI=1S/C27H33NO3S2/c1-20(28-26(29)17-18-31-23-7-5-4-6-8-23)19-27(30,21-9-13-24(32-2)14-10-21)22-11-15-25(33-3)16-12-22/h4-16,20,26,28-30H,17-19H2,1-3H3. The largest absolute Gasteiger partial charge is 0.493 e. The summed E-state index contributed by atoms with van der Waals surface area (Å²) in [5.41, 5.74) is 0.501. The molecule has 3 N–H and O–H groups in total. The van der Waals surface area contributed by atoms with Crippen molar-refractivity contribution in [3.05, 3.63) is 90.0 Å². The first-order chi connectivity index (χ1) is 15.9. The van der Waals surface area contributed by atoms with E-state index in [0.717, 1.165) is 26.7 Å². The predicted octanol–water partition coefficient (Wildman–Crippen LogP) is 5.52. The normalized spacial score (nSPS) is 13.5. The Bertz CT molecular complexity index is 917. The van der Waals surface area contributed by atoms with E-state index in [1.807, 2.05) is 98.3 Å². The van der Waals surface area contributed by atoms with Crippen LogP contribution in [0.15, 0.2) is 88.7 Å². The zero-order valence-electron chi connectivity index (χ0n) is 19.4. The lowest BCUT2D eigenvalue weighted by atomic mass is 9.81. The number of ether oxygens (including phenoxy) is 1. The Morgan fingerprint density at radius 2 is 1.36 bits per heavy atom. The van der Waals surface area contributed by atoms with Gasteiger partial charge in [-0.3, -0.25) is 5.32 Å². The topological polar surface area (TPSA) is 61.7 Å². The molecule has 3 aromatic carbocycles. The van der Waals surface area contributed by atoms with Gasteiger partial charge in [0, 0.05) is 22.3 Å². The van der Waals surface area contributed by atoms with Crippen LogP contribution in [-0.4, -0.2) is 41.6 Å². The monoisotopic (exact) mass is 483 g/mol. The zero-order chi connectivity index (χ0) is 23.7. The van der Waals surface area contributed by atoms with E-state index in [1.165, 1.54) is 0 Å². The summed E-state index contributed by atoms with van der Waals surface area (Å²) in [5.74, 6) is 0.787. The number of thioether (sulfide) groups is 2. The molecule has 2 unspecified atom stereocenters. The van der Waals surface area contributed by atoms with Crippen LogP contribution < -0.4 is 10.1 Å². The Morgan fingerprint density at radius 1 is 0.848 bits per heavy atom. The molecule has 0 bridgehead atoms. The molecule has 0 aliphatic heterocycles. The molecule has 0 amide bonds. The molecule has 3 rings (SSSR count). The van der Waals surface area contributed by atoms with Crippen molar-refractivity contribution >= 4 is 23.5 Å². The van der Waals surface area contributed by atoms with Crippen LogP contribution in [-0.2, 0) is 5.60 Å². The van der Waals surface area contributed by atoms with Gasteiger partial charge in [-0.15, -0.1) is 23.5 Å². The van der Waals surface area contributed by atoms with E-state index in [1.54, 1.807) is 23.5 Å². The van der Waals surface area contributed by atoms with Gasteiger partial charge >= 0.3 is 0 Å². The second-order valence-corrected chi connectivity index (χ2v) is 9.81. The Hall–Kier alpha value is -1.96. The molecule has 0 fully saturated rings. The lowest BCUT2D eigenvalue weighted by Gasteiger charge is -2.33. The Kier molecular flexibility index (Phi) is 9.71. The summed E-state index contributed by atoms with van der Waals surface area (Å²) in [6.45, 7) is 2.39. The van der Waals surface area contributed by atoms with E-state index < -0.39 is 11.8 Å². The summed E-state index contributed by atoms with van der Waals surface area (Å²) in [6.07, 6.45) is 4.21. The van der Waals surface area contributed by atoms with Crippen LogP contribution in [0.5, 0.6) is 5.75 Å². The van der Waals surface area contributed by atoms with Crippen molar-refractivity contribution < 1.29 is 14.9 Å². The van der Waals surface area contributed by atoms with E-state index in [9.17, 15) is 10.2 Å². The van der Waals surface area contributed by atoms with Gasteiger partial charge in [-0.05, 0) is 73.4 Å². The number of rotatable bonds is 12. The molecule has 3 aromatic rings.